The fourth-order valence-electron chi connectivity index (χ4n) is 4.97. The molecule has 0 spiro atoms. The summed E-state index contributed by atoms with van der Waals surface area (Å²) in [6.45, 7) is 17.5. The van der Waals surface area contributed by atoms with Crippen LogP contribution in [0, 0.1) is 11.5 Å². The first-order chi connectivity index (χ1) is 16.1. The van der Waals surface area contributed by atoms with Crippen LogP contribution in [0.2, 0.25) is 16.6 Å². The zero-order valence-electron chi connectivity index (χ0n) is 22.5. The Kier molecular flexibility index (Phi) is 11.4. The Morgan fingerprint density at radius 1 is 0.714 bits per heavy atom. The zero-order chi connectivity index (χ0) is 27.1. The van der Waals surface area contributed by atoms with E-state index in [1.807, 2.05) is 0 Å². The SMILES string of the molecule is CC(=O)OC[C@H]1OC(C#C[Si](C(C)C)(C(C)C)C(C)C)[C@H](OC(C)=O)[C@@H](OC(C)=O)[C@@H]1OC(C)=O. The predicted octanol–water partition coefficient (Wildman–Crippen LogP) is 3.33. The summed E-state index contributed by atoms with van der Waals surface area (Å²) in [4.78, 5) is 47.3. The third-order valence-electron chi connectivity index (χ3n) is 6.29. The Morgan fingerprint density at radius 3 is 1.54 bits per heavy atom. The maximum absolute atomic E-state index is 12.0. The van der Waals surface area contributed by atoms with Crippen LogP contribution in [-0.4, -0.2) is 69.1 Å². The Labute approximate surface area is 209 Å². The van der Waals surface area contributed by atoms with Gasteiger partial charge in [0, 0.05) is 27.7 Å². The van der Waals surface area contributed by atoms with Crippen molar-refractivity contribution in [1.29, 1.82) is 0 Å². The van der Waals surface area contributed by atoms with Gasteiger partial charge in [-0.15, -0.1) is 5.54 Å². The number of ether oxygens (including phenoxy) is 5. The lowest BCUT2D eigenvalue weighted by Crippen LogP contribution is -2.62. The van der Waals surface area contributed by atoms with E-state index in [0.717, 1.165) is 0 Å². The first-order valence-electron chi connectivity index (χ1n) is 12.0. The first-order valence-corrected chi connectivity index (χ1v) is 14.2. The van der Waals surface area contributed by atoms with E-state index in [1.165, 1.54) is 27.7 Å². The Balaban J connectivity index is 3.67. The van der Waals surface area contributed by atoms with Crippen LogP contribution >= 0.6 is 0 Å². The van der Waals surface area contributed by atoms with Crippen LogP contribution in [0.15, 0.2) is 0 Å². The van der Waals surface area contributed by atoms with Crippen molar-refractivity contribution in [3.05, 3.63) is 0 Å². The molecule has 10 heteroatoms. The molecular weight excluding hydrogens is 472 g/mol. The van der Waals surface area contributed by atoms with Crippen molar-refractivity contribution in [2.75, 3.05) is 6.61 Å². The number of hydrogen-bond donors (Lipinski definition) is 0. The molecule has 0 aliphatic carbocycles. The fourth-order valence-corrected chi connectivity index (χ4v) is 10.2. The number of rotatable bonds is 8. The average molecular weight is 513 g/mol. The van der Waals surface area contributed by atoms with Crippen LogP contribution < -0.4 is 0 Å². The van der Waals surface area contributed by atoms with Crippen LogP contribution in [0.4, 0.5) is 0 Å². The summed E-state index contributed by atoms with van der Waals surface area (Å²) in [5.74, 6) is 0.667. The van der Waals surface area contributed by atoms with Gasteiger partial charge < -0.3 is 23.7 Å². The molecule has 9 nitrogen and oxygen atoms in total. The van der Waals surface area contributed by atoms with E-state index >= 15 is 0 Å². The summed E-state index contributed by atoms with van der Waals surface area (Å²) >= 11 is 0. The molecule has 35 heavy (non-hydrogen) atoms. The lowest BCUT2D eigenvalue weighted by atomic mass is 9.94. The summed E-state index contributed by atoms with van der Waals surface area (Å²) in [5, 5.41) is 0. The number of esters is 4. The molecule has 1 rings (SSSR count). The number of carbonyl (C=O) groups is 4. The summed E-state index contributed by atoms with van der Waals surface area (Å²) < 4.78 is 27.7. The smallest absolute Gasteiger partial charge is 0.303 e. The monoisotopic (exact) mass is 512 g/mol. The van der Waals surface area contributed by atoms with Crippen molar-refractivity contribution in [1.82, 2.24) is 0 Å². The summed E-state index contributed by atoms with van der Waals surface area (Å²) in [6, 6.07) is 0. The third-order valence-corrected chi connectivity index (χ3v) is 12.6. The van der Waals surface area contributed by atoms with Gasteiger partial charge in [0.15, 0.2) is 24.4 Å². The van der Waals surface area contributed by atoms with E-state index in [2.05, 4.69) is 53.0 Å². The normalized spacial score (nSPS) is 24.4. The van der Waals surface area contributed by atoms with Crippen LogP contribution in [0.25, 0.3) is 0 Å². The molecule has 1 aliphatic heterocycles. The van der Waals surface area contributed by atoms with E-state index < -0.39 is 62.5 Å². The fraction of sp³-hybridized carbons (Fsp3) is 0.760. The molecule has 1 saturated heterocycles. The van der Waals surface area contributed by atoms with Crippen molar-refractivity contribution in [2.45, 2.75) is 116 Å². The topological polar surface area (TPSA) is 114 Å². The van der Waals surface area contributed by atoms with E-state index in [-0.39, 0.29) is 6.61 Å². The predicted molar refractivity (Wildman–Crippen MR) is 131 cm³/mol. The first kappa shape index (κ1) is 30.6. The van der Waals surface area contributed by atoms with Gasteiger partial charge in [0.25, 0.3) is 0 Å². The van der Waals surface area contributed by atoms with Gasteiger partial charge in [0.1, 0.15) is 20.8 Å². The largest absolute Gasteiger partial charge is 0.463 e. The molecule has 0 radical (unpaired) electrons. The van der Waals surface area contributed by atoms with Crippen molar-refractivity contribution >= 4 is 32.0 Å². The lowest BCUT2D eigenvalue weighted by molar-refractivity contribution is -0.242. The number of carbonyl (C=O) groups excluding carboxylic acids is 4. The maximum Gasteiger partial charge on any atom is 0.303 e. The molecule has 1 fully saturated rings. The molecule has 5 atom stereocenters. The molecule has 0 amide bonds. The Bertz CT molecular complexity index is 818. The molecule has 198 valence electrons. The molecular formula is C25H40O9Si. The van der Waals surface area contributed by atoms with E-state index in [4.69, 9.17) is 23.7 Å². The molecule has 0 aromatic rings. The van der Waals surface area contributed by atoms with Crippen molar-refractivity contribution in [3.8, 4) is 11.5 Å². The van der Waals surface area contributed by atoms with Crippen molar-refractivity contribution < 1.29 is 42.9 Å². The molecule has 1 aliphatic rings. The highest BCUT2D eigenvalue weighted by Gasteiger charge is 2.52. The highest BCUT2D eigenvalue weighted by molar-refractivity contribution is 6.90. The average Bonchev–Trinajstić information content (AvgIpc) is 2.69. The van der Waals surface area contributed by atoms with Crippen molar-refractivity contribution in [2.24, 2.45) is 0 Å². The molecule has 1 heterocycles. The molecule has 0 aromatic carbocycles. The van der Waals surface area contributed by atoms with Crippen LogP contribution in [0.5, 0.6) is 0 Å². The van der Waals surface area contributed by atoms with E-state index in [9.17, 15) is 19.2 Å². The summed E-state index contributed by atoms with van der Waals surface area (Å²) in [7, 11) is -2.20. The minimum Gasteiger partial charge on any atom is -0.463 e. The van der Waals surface area contributed by atoms with Gasteiger partial charge in [0.05, 0.1) is 0 Å². The second kappa shape index (κ2) is 13.1. The van der Waals surface area contributed by atoms with Crippen LogP contribution in [-0.2, 0) is 42.9 Å². The van der Waals surface area contributed by atoms with Gasteiger partial charge in [-0.25, -0.2) is 0 Å². The van der Waals surface area contributed by atoms with Crippen LogP contribution in [0.1, 0.15) is 69.2 Å². The maximum atomic E-state index is 12.0. The van der Waals surface area contributed by atoms with Gasteiger partial charge in [-0.2, -0.15) is 0 Å². The second-order valence-electron chi connectivity index (χ2n) is 9.79. The van der Waals surface area contributed by atoms with E-state index in [0.29, 0.717) is 16.6 Å². The van der Waals surface area contributed by atoms with Gasteiger partial charge in [-0.05, 0) is 16.6 Å². The van der Waals surface area contributed by atoms with Crippen LogP contribution in [0.3, 0.4) is 0 Å². The molecule has 0 N–H and O–H groups in total. The summed E-state index contributed by atoms with van der Waals surface area (Å²) in [5.41, 5.74) is 4.54. The highest BCUT2D eigenvalue weighted by atomic mass is 28.3. The van der Waals surface area contributed by atoms with Gasteiger partial charge >= 0.3 is 23.9 Å². The summed E-state index contributed by atoms with van der Waals surface area (Å²) in [6.07, 6.45) is -5.53. The third kappa shape index (κ3) is 8.07. The molecule has 1 unspecified atom stereocenters. The zero-order valence-corrected chi connectivity index (χ0v) is 23.5. The van der Waals surface area contributed by atoms with Gasteiger partial charge in [0.2, 0.25) is 0 Å². The standard InChI is InChI=1S/C25H40O9Si/c1-14(2)35(15(3)4,16(5)6)12-11-21-23(31-18(8)27)25(33-20(10)29)24(32-19(9)28)22(34-21)13-30-17(7)26/h14-16,21-25H,13H2,1-10H3/t21?,22-,23+,24-,25-/m1/s1. The Hall–Kier alpha value is -2.38. The van der Waals surface area contributed by atoms with Gasteiger partial charge in [-0.3, -0.25) is 19.2 Å². The second-order valence-corrected chi connectivity index (χ2v) is 15.4. The van der Waals surface area contributed by atoms with Gasteiger partial charge in [-0.1, -0.05) is 47.5 Å². The van der Waals surface area contributed by atoms with E-state index in [1.54, 1.807) is 0 Å². The quantitative estimate of drug-likeness (QED) is 0.209. The molecule has 0 saturated carbocycles. The minimum atomic E-state index is -2.20. The molecule has 0 aromatic heterocycles. The Morgan fingerprint density at radius 2 is 1.14 bits per heavy atom. The number of hydrogen-bond acceptors (Lipinski definition) is 9. The highest BCUT2D eigenvalue weighted by Crippen LogP contribution is 2.41. The lowest BCUT2D eigenvalue weighted by Gasteiger charge is -2.43. The molecule has 0 bridgehead atoms. The van der Waals surface area contributed by atoms with Crippen molar-refractivity contribution in [3.63, 3.8) is 0 Å². The minimum absolute atomic E-state index is 0.267.